The molecule has 0 spiro atoms. The van der Waals surface area contributed by atoms with Gasteiger partial charge in [-0.2, -0.15) is 0 Å². The summed E-state index contributed by atoms with van der Waals surface area (Å²) in [6.07, 6.45) is -0.490. The Morgan fingerprint density at radius 1 is 1.14 bits per heavy atom. The molecule has 4 aliphatic carbocycles. The first-order valence-corrected chi connectivity index (χ1v) is 15.2. The van der Waals surface area contributed by atoms with Crippen LogP contribution in [0.1, 0.15) is 77.6 Å². The van der Waals surface area contributed by atoms with Gasteiger partial charge in [-0.25, -0.2) is 4.79 Å². The first-order chi connectivity index (χ1) is 19.7. The monoisotopic (exact) mass is 580 g/mol. The van der Waals surface area contributed by atoms with Gasteiger partial charge in [0.2, 0.25) is 0 Å². The molecule has 228 valence electrons. The normalized spacial score (nSPS) is 45.2. The second-order valence-electron chi connectivity index (χ2n) is 14.0. The van der Waals surface area contributed by atoms with E-state index in [1.54, 1.807) is 30.3 Å². The average molecular weight is 581 g/mol. The molecular formula is C34H44O8. The fourth-order valence-corrected chi connectivity index (χ4v) is 9.42. The molecule has 1 saturated heterocycles. The van der Waals surface area contributed by atoms with Crippen LogP contribution in [0.5, 0.6) is 0 Å². The highest BCUT2D eigenvalue weighted by Gasteiger charge is 2.77. The number of rotatable bonds is 4. The predicted molar refractivity (Wildman–Crippen MR) is 154 cm³/mol. The van der Waals surface area contributed by atoms with E-state index in [0.717, 1.165) is 17.6 Å². The van der Waals surface area contributed by atoms with E-state index in [4.69, 9.17) is 18.9 Å². The number of hydrogen-bond acceptors (Lipinski definition) is 8. The highest BCUT2D eigenvalue weighted by Crippen LogP contribution is 2.69. The second kappa shape index (κ2) is 9.74. The van der Waals surface area contributed by atoms with Crippen molar-refractivity contribution in [2.45, 2.75) is 109 Å². The Bertz CT molecular complexity index is 1320. The summed E-state index contributed by atoms with van der Waals surface area (Å²) >= 11 is 0. The Balaban J connectivity index is 1.65. The molecule has 0 amide bonds. The van der Waals surface area contributed by atoms with Crippen LogP contribution in [-0.2, 0) is 23.7 Å². The summed E-state index contributed by atoms with van der Waals surface area (Å²) in [6.45, 7) is 15.3. The minimum atomic E-state index is -1.59. The Morgan fingerprint density at radius 2 is 1.83 bits per heavy atom. The predicted octanol–water partition coefficient (Wildman–Crippen LogP) is 4.73. The molecule has 2 bridgehead atoms. The summed E-state index contributed by atoms with van der Waals surface area (Å²) in [5, 5.41) is 25.3. The number of carbonyl (C=O) groups excluding carboxylic acids is 2. The number of hydrogen-bond donors (Lipinski definition) is 2. The van der Waals surface area contributed by atoms with Gasteiger partial charge < -0.3 is 29.2 Å². The summed E-state index contributed by atoms with van der Waals surface area (Å²) in [6, 6.07) is 8.71. The minimum Gasteiger partial charge on any atom is -0.458 e. The number of aliphatic hydroxyl groups excluding tert-OH is 1. The van der Waals surface area contributed by atoms with E-state index in [1.807, 2.05) is 26.8 Å². The van der Waals surface area contributed by atoms with Crippen LogP contribution in [0.15, 0.2) is 54.1 Å². The number of fused-ring (bicyclic) bond motifs is 8. The van der Waals surface area contributed by atoms with Crippen LogP contribution in [0.25, 0.3) is 0 Å². The summed E-state index contributed by atoms with van der Waals surface area (Å²) < 4.78 is 26.0. The zero-order valence-corrected chi connectivity index (χ0v) is 25.5. The lowest BCUT2D eigenvalue weighted by atomic mass is 9.40. The van der Waals surface area contributed by atoms with Gasteiger partial charge >= 0.3 is 11.9 Å². The van der Waals surface area contributed by atoms with Crippen molar-refractivity contribution in [3.8, 4) is 0 Å². The molecule has 8 nitrogen and oxygen atoms in total. The van der Waals surface area contributed by atoms with E-state index >= 15 is 0 Å². The Labute approximate surface area is 248 Å². The SMILES string of the molecule is C=CC1O[C@@H]2C3=C(C)[C@@H](C)C[C@@](O)([C@@H](OC(=O)c4ccccc4)[C@H]4[C@](C)([C@@H]2O1)[C@@H](O)CC1CC[C@]14OC(C)=O)C3(C)C. The summed E-state index contributed by atoms with van der Waals surface area (Å²) in [5.41, 5.74) is -2.40. The third kappa shape index (κ3) is 3.81. The van der Waals surface area contributed by atoms with Crippen molar-refractivity contribution in [1.29, 1.82) is 0 Å². The molecule has 2 N–H and O–H groups in total. The van der Waals surface area contributed by atoms with Crippen molar-refractivity contribution >= 4 is 11.9 Å². The first-order valence-electron chi connectivity index (χ1n) is 15.2. The molecule has 3 saturated carbocycles. The summed E-state index contributed by atoms with van der Waals surface area (Å²) in [5.74, 6) is -2.04. The van der Waals surface area contributed by atoms with Gasteiger partial charge in [-0.15, -0.1) is 0 Å². The van der Waals surface area contributed by atoms with Crippen molar-refractivity contribution in [1.82, 2.24) is 0 Å². The minimum absolute atomic E-state index is 0.0669. The van der Waals surface area contributed by atoms with Crippen LogP contribution < -0.4 is 0 Å². The lowest BCUT2D eigenvalue weighted by molar-refractivity contribution is -0.316. The standard InChI is InChI=1S/C34H44O8/c1-8-24-39-26-25-19(3)18(2)17-34(38,31(25,5)6)29(41-30(37)21-12-10-9-11-13-21)27-32(7,28(26)40-24)23(36)16-22-14-15-33(22,27)42-20(4)35/h8-13,18,22-24,26-29,36,38H,1,14-17H2,2-7H3/t18-,22?,23-,24?,26+,27-,28+,29-,32+,33-,34+/m0/s1. The van der Waals surface area contributed by atoms with Crippen LogP contribution in [-0.4, -0.2) is 64.1 Å². The van der Waals surface area contributed by atoms with Crippen molar-refractivity contribution in [2.75, 3.05) is 0 Å². The van der Waals surface area contributed by atoms with Crippen LogP contribution in [0.3, 0.4) is 0 Å². The Morgan fingerprint density at radius 3 is 2.43 bits per heavy atom. The number of ether oxygens (including phenoxy) is 4. The zero-order valence-electron chi connectivity index (χ0n) is 25.5. The molecule has 1 heterocycles. The molecule has 42 heavy (non-hydrogen) atoms. The maximum Gasteiger partial charge on any atom is 0.338 e. The Hall–Kier alpha value is -2.52. The number of carbonyl (C=O) groups is 2. The van der Waals surface area contributed by atoms with Crippen LogP contribution in [0, 0.1) is 28.6 Å². The smallest absolute Gasteiger partial charge is 0.338 e. The fraction of sp³-hybridized carbons (Fsp3) is 0.647. The molecule has 0 aromatic heterocycles. The topological polar surface area (TPSA) is 112 Å². The molecule has 6 rings (SSSR count). The van der Waals surface area contributed by atoms with E-state index in [2.05, 4.69) is 20.4 Å². The zero-order chi connectivity index (χ0) is 30.4. The van der Waals surface area contributed by atoms with Gasteiger partial charge in [-0.1, -0.05) is 58.0 Å². The van der Waals surface area contributed by atoms with Gasteiger partial charge in [-0.05, 0) is 62.3 Å². The van der Waals surface area contributed by atoms with E-state index in [9.17, 15) is 19.8 Å². The molecule has 5 aliphatic rings. The third-order valence-electron chi connectivity index (χ3n) is 11.8. The number of esters is 2. The highest BCUT2D eigenvalue weighted by atomic mass is 16.7. The third-order valence-corrected chi connectivity index (χ3v) is 11.8. The molecule has 1 aliphatic heterocycles. The number of benzene rings is 1. The molecule has 4 fully saturated rings. The highest BCUT2D eigenvalue weighted by molar-refractivity contribution is 5.89. The quantitative estimate of drug-likeness (QED) is 0.388. The molecular weight excluding hydrogens is 536 g/mol. The molecule has 11 atom stereocenters. The molecule has 2 unspecified atom stereocenters. The van der Waals surface area contributed by atoms with Crippen LogP contribution in [0.4, 0.5) is 0 Å². The van der Waals surface area contributed by atoms with Gasteiger partial charge in [0, 0.05) is 29.6 Å². The van der Waals surface area contributed by atoms with Gasteiger partial charge in [0.1, 0.15) is 23.4 Å². The molecule has 1 aromatic carbocycles. The summed E-state index contributed by atoms with van der Waals surface area (Å²) in [4.78, 5) is 26.7. The maximum absolute atomic E-state index is 13.9. The second-order valence-corrected chi connectivity index (χ2v) is 14.0. The lowest BCUT2D eigenvalue weighted by Gasteiger charge is -2.69. The summed E-state index contributed by atoms with van der Waals surface area (Å²) in [7, 11) is 0. The van der Waals surface area contributed by atoms with Crippen molar-refractivity contribution < 1.29 is 38.7 Å². The van der Waals surface area contributed by atoms with E-state index in [1.165, 1.54) is 6.92 Å². The van der Waals surface area contributed by atoms with Crippen LogP contribution in [0.2, 0.25) is 0 Å². The van der Waals surface area contributed by atoms with Gasteiger partial charge in [0.05, 0.1) is 17.8 Å². The lowest BCUT2D eigenvalue weighted by Crippen LogP contribution is -2.78. The van der Waals surface area contributed by atoms with E-state index in [-0.39, 0.29) is 11.8 Å². The van der Waals surface area contributed by atoms with Crippen molar-refractivity contribution in [3.63, 3.8) is 0 Å². The largest absolute Gasteiger partial charge is 0.458 e. The van der Waals surface area contributed by atoms with Crippen molar-refractivity contribution in [3.05, 3.63) is 59.7 Å². The molecule has 1 aromatic rings. The van der Waals surface area contributed by atoms with E-state index in [0.29, 0.717) is 24.8 Å². The van der Waals surface area contributed by atoms with Gasteiger partial charge in [0.25, 0.3) is 0 Å². The molecule has 0 radical (unpaired) electrons. The maximum atomic E-state index is 13.9. The Kier molecular flexibility index (Phi) is 6.86. The fourth-order valence-electron chi connectivity index (χ4n) is 9.42. The number of aliphatic hydroxyl groups is 2. The number of allylic oxidation sites excluding steroid dienone is 1. The van der Waals surface area contributed by atoms with E-state index < -0.39 is 70.6 Å². The van der Waals surface area contributed by atoms with Crippen molar-refractivity contribution in [2.24, 2.45) is 28.6 Å². The first kappa shape index (κ1) is 29.5. The van der Waals surface area contributed by atoms with Gasteiger partial charge in [-0.3, -0.25) is 4.79 Å². The molecule has 8 heteroatoms. The van der Waals surface area contributed by atoms with Gasteiger partial charge in [0.15, 0.2) is 6.29 Å². The average Bonchev–Trinajstić information content (AvgIpc) is 3.36. The van der Waals surface area contributed by atoms with Crippen LogP contribution >= 0.6 is 0 Å².